The lowest BCUT2D eigenvalue weighted by molar-refractivity contribution is -0.127. The van der Waals surface area contributed by atoms with Gasteiger partial charge in [-0.15, -0.1) is 34.8 Å². The number of amides is 4. The SMILES string of the molecule is CCOc1cccc(NC(=O)c2ccc(Cl)c(N=NC(C(C)=O)C(=O)Nc3ccc(NC(=O)C(N=Nc4cc(C(=O)Nc5cccc(OCC)c5CCCl)ccc4Cl)C(C)=O)c(CCl)c3)c2)c1CCCl. The molecule has 0 aliphatic heterocycles. The Hall–Kier alpha value is -6.43. The third kappa shape index (κ3) is 14.6. The average Bonchev–Trinajstić information content (AvgIpc) is 3.32. The molecule has 0 fully saturated rings. The summed E-state index contributed by atoms with van der Waals surface area (Å²) in [6.07, 6.45) is 0.877. The third-order valence-electron chi connectivity index (χ3n) is 10.1. The van der Waals surface area contributed by atoms with Gasteiger partial charge in [0.25, 0.3) is 23.6 Å². The zero-order chi connectivity index (χ0) is 50.9. The van der Waals surface area contributed by atoms with Crippen molar-refractivity contribution >= 4 is 127 Å². The first-order valence-corrected chi connectivity index (χ1v) is 23.9. The minimum absolute atomic E-state index is 0.0133. The maximum atomic E-state index is 13.5. The Bertz CT molecular complexity index is 2830. The summed E-state index contributed by atoms with van der Waals surface area (Å²) in [6.45, 7) is 6.84. The van der Waals surface area contributed by atoms with Crippen molar-refractivity contribution < 1.29 is 38.2 Å². The molecule has 0 bridgehead atoms. The highest BCUT2D eigenvalue weighted by Crippen LogP contribution is 2.33. The lowest BCUT2D eigenvalue weighted by atomic mass is 10.1. The Kier molecular flexibility index (Phi) is 20.7. The molecule has 5 aromatic rings. The second-order valence-corrected chi connectivity index (χ2v) is 16.8. The van der Waals surface area contributed by atoms with Gasteiger partial charge < -0.3 is 30.7 Å². The van der Waals surface area contributed by atoms with E-state index >= 15 is 0 Å². The van der Waals surface area contributed by atoms with Gasteiger partial charge in [0, 0.05) is 62.6 Å². The summed E-state index contributed by atoms with van der Waals surface area (Å²) in [5.74, 6) is -2.43. The van der Waals surface area contributed by atoms with Crippen LogP contribution in [0.1, 0.15) is 65.1 Å². The highest BCUT2D eigenvalue weighted by atomic mass is 35.5. The lowest BCUT2D eigenvalue weighted by Gasteiger charge is -2.15. The van der Waals surface area contributed by atoms with Crippen LogP contribution in [-0.2, 0) is 37.9 Å². The van der Waals surface area contributed by atoms with Crippen LogP contribution in [-0.4, -0.2) is 72.3 Å². The average molecular weight is 1050 g/mol. The number of ether oxygens (including phenoxy) is 2. The van der Waals surface area contributed by atoms with Gasteiger partial charge >= 0.3 is 0 Å². The van der Waals surface area contributed by atoms with Crippen LogP contribution in [0.3, 0.4) is 0 Å². The van der Waals surface area contributed by atoms with Crippen LogP contribution in [0.15, 0.2) is 111 Å². The van der Waals surface area contributed by atoms with Crippen molar-refractivity contribution in [3.63, 3.8) is 0 Å². The number of ketones is 2. The summed E-state index contributed by atoms with van der Waals surface area (Å²) >= 11 is 31.1. The number of carbonyl (C=O) groups excluding carboxylic acids is 6. The predicted octanol–water partition coefficient (Wildman–Crippen LogP) is 12.0. The van der Waals surface area contributed by atoms with E-state index in [2.05, 4.69) is 41.7 Å². The number of azo groups is 2. The number of rotatable bonds is 23. The largest absolute Gasteiger partial charge is 0.494 e. The van der Waals surface area contributed by atoms with Gasteiger partial charge in [0.05, 0.1) is 23.3 Å². The number of hydrogen-bond acceptors (Lipinski definition) is 12. The Morgan fingerprint density at radius 1 is 0.557 bits per heavy atom. The highest BCUT2D eigenvalue weighted by molar-refractivity contribution is 6.33. The molecule has 0 saturated carbocycles. The van der Waals surface area contributed by atoms with Gasteiger partial charge in [0.15, 0.2) is 11.6 Å². The van der Waals surface area contributed by atoms with Crippen molar-refractivity contribution in [2.75, 3.05) is 46.2 Å². The molecule has 0 aromatic heterocycles. The summed E-state index contributed by atoms with van der Waals surface area (Å²) in [5, 5.41) is 27.2. The van der Waals surface area contributed by atoms with Gasteiger partial charge in [0.1, 0.15) is 22.9 Å². The molecule has 0 aliphatic rings. The zero-order valence-electron chi connectivity index (χ0n) is 38.2. The smallest absolute Gasteiger partial charge is 0.258 e. The van der Waals surface area contributed by atoms with Crippen molar-refractivity contribution in [2.45, 2.75) is 58.5 Å². The van der Waals surface area contributed by atoms with Crippen molar-refractivity contribution in [3.8, 4) is 11.5 Å². The quantitative estimate of drug-likeness (QED) is 0.0279. The fourth-order valence-corrected chi connectivity index (χ4v) is 7.60. The number of carbonyl (C=O) groups is 6. The van der Waals surface area contributed by atoms with Crippen LogP contribution in [0.4, 0.5) is 34.1 Å². The van der Waals surface area contributed by atoms with Gasteiger partial charge in [-0.3, -0.25) is 28.8 Å². The monoisotopic (exact) mass is 1050 g/mol. The van der Waals surface area contributed by atoms with E-state index in [4.69, 9.17) is 67.5 Å². The number of benzene rings is 5. The van der Waals surface area contributed by atoms with Crippen molar-refractivity contribution in [3.05, 3.63) is 129 Å². The summed E-state index contributed by atoms with van der Waals surface area (Å²) in [6, 6.07) is 20.1. The molecule has 2 unspecified atom stereocenters. The summed E-state index contributed by atoms with van der Waals surface area (Å²) in [7, 11) is 0. The van der Waals surface area contributed by atoms with E-state index < -0.39 is 47.3 Å². The molecule has 21 heteroatoms. The number of anilines is 4. The highest BCUT2D eigenvalue weighted by Gasteiger charge is 2.27. The number of alkyl halides is 3. The minimum atomic E-state index is -1.65. The van der Waals surface area contributed by atoms with Gasteiger partial charge in [0.2, 0.25) is 12.1 Å². The number of halogens is 5. The Morgan fingerprint density at radius 3 is 1.43 bits per heavy atom. The number of nitrogens with one attached hydrogen (secondary N) is 4. The summed E-state index contributed by atoms with van der Waals surface area (Å²) < 4.78 is 11.4. The van der Waals surface area contributed by atoms with E-state index in [9.17, 15) is 28.8 Å². The molecular formula is C49H47Cl5N8O8. The van der Waals surface area contributed by atoms with E-state index in [1.165, 1.54) is 54.6 Å². The van der Waals surface area contributed by atoms with E-state index in [1.54, 1.807) is 36.4 Å². The van der Waals surface area contributed by atoms with E-state index in [1.807, 2.05) is 13.8 Å². The molecule has 0 spiro atoms. The predicted molar refractivity (Wildman–Crippen MR) is 274 cm³/mol. The fourth-order valence-electron chi connectivity index (χ4n) is 6.69. The van der Waals surface area contributed by atoms with Gasteiger partial charge in [-0.2, -0.15) is 20.5 Å². The molecule has 4 N–H and O–H groups in total. The first-order valence-electron chi connectivity index (χ1n) is 21.6. The van der Waals surface area contributed by atoms with Crippen molar-refractivity contribution in [1.29, 1.82) is 0 Å². The molecule has 5 rings (SSSR count). The summed E-state index contributed by atoms with van der Waals surface area (Å²) in [5.41, 5.74) is 3.48. The molecular weight excluding hydrogens is 1010 g/mol. The molecule has 2 atom stereocenters. The van der Waals surface area contributed by atoms with Crippen LogP contribution in [0.2, 0.25) is 10.0 Å². The molecule has 70 heavy (non-hydrogen) atoms. The second kappa shape index (κ2) is 26.5. The molecule has 5 aromatic carbocycles. The van der Waals surface area contributed by atoms with Crippen LogP contribution < -0.4 is 30.7 Å². The molecule has 0 aliphatic carbocycles. The van der Waals surface area contributed by atoms with E-state index in [0.717, 1.165) is 25.0 Å². The molecule has 4 amide bonds. The molecule has 16 nitrogen and oxygen atoms in total. The van der Waals surface area contributed by atoms with Crippen molar-refractivity contribution in [1.82, 2.24) is 0 Å². The normalized spacial score (nSPS) is 12.0. The van der Waals surface area contributed by atoms with E-state index in [-0.39, 0.29) is 49.8 Å². The third-order valence-corrected chi connectivity index (χ3v) is 11.4. The van der Waals surface area contributed by atoms with Gasteiger partial charge in [-0.1, -0.05) is 35.3 Å². The first-order chi connectivity index (χ1) is 33.6. The van der Waals surface area contributed by atoms with Gasteiger partial charge in [-0.05, 0) is 125 Å². The fraction of sp³-hybridized carbons (Fsp3) is 0.265. The maximum Gasteiger partial charge on any atom is 0.258 e. The van der Waals surface area contributed by atoms with Crippen LogP contribution in [0, 0.1) is 0 Å². The first kappa shape index (κ1) is 54.5. The Balaban J connectivity index is 1.27. The maximum absolute atomic E-state index is 13.5. The van der Waals surface area contributed by atoms with Crippen LogP contribution >= 0.6 is 58.0 Å². The minimum Gasteiger partial charge on any atom is -0.494 e. The Labute approximate surface area is 428 Å². The topological polar surface area (TPSA) is 218 Å². The second-order valence-electron chi connectivity index (χ2n) is 15.0. The molecule has 0 saturated heterocycles. The lowest BCUT2D eigenvalue weighted by Crippen LogP contribution is -2.32. The van der Waals surface area contributed by atoms with Crippen LogP contribution in [0.5, 0.6) is 11.5 Å². The Morgan fingerprint density at radius 2 is 1.01 bits per heavy atom. The molecule has 0 radical (unpaired) electrons. The molecule has 366 valence electrons. The zero-order valence-corrected chi connectivity index (χ0v) is 42.0. The van der Waals surface area contributed by atoms with Gasteiger partial charge in [-0.25, -0.2) is 0 Å². The number of nitrogens with zero attached hydrogens (tertiary/aromatic N) is 4. The van der Waals surface area contributed by atoms with Crippen LogP contribution in [0.25, 0.3) is 0 Å². The standard InChI is InChI=1S/C49H47Cl5N8O8/c1-5-69-42-11-7-9-38(33(42)19-21-50)57-46(65)29-13-16-35(53)40(24-29)59-61-44(27(3)63)48(67)55-32-15-18-37(31(23-32)26-52)56-49(68)45(28(4)64)62-60-41-25-30(14-17-36(41)54)47(66)58-39-10-8-12-43(70-6-2)34(39)20-22-51/h7-18,23-25,44-45H,5-6,19-22,26H2,1-4H3,(H,55,67)(H,56,68)(H,57,65)(H,58,66). The number of Topliss-reactive ketones (excluding diaryl/α,β-unsaturated/α-hetero) is 2. The molecule has 0 heterocycles. The van der Waals surface area contributed by atoms with E-state index in [0.29, 0.717) is 66.3 Å². The van der Waals surface area contributed by atoms with Crippen molar-refractivity contribution in [2.24, 2.45) is 20.5 Å². The number of hydrogen-bond donors (Lipinski definition) is 4. The summed E-state index contributed by atoms with van der Waals surface area (Å²) in [4.78, 5) is 79.1.